The number of rotatable bonds is 75. The highest BCUT2D eigenvalue weighted by Gasteiger charge is 2.30. The van der Waals surface area contributed by atoms with Gasteiger partial charge in [-0.1, -0.05) is 343 Å². The quantitative estimate of drug-likeness (QED) is 0.0222. The highest BCUT2D eigenvalue weighted by atomic mass is 31.2. The van der Waals surface area contributed by atoms with Crippen molar-refractivity contribution < 1.29 is 80.2 Å². The first kappa shape index (κ1) is 93.1. The van der Waals surface area contributed by atoms with Crippen LogP contribution in [0.25, 0.3) is 0 Å². The molecule has 564 valence electrons. The number of aliphatic hydroxyl groups excluding tert-OH is 1. The summed E-state index contributed by atoms with van der Waals surface area (Å²) in [6, 6.07) is 0. The predicted octanol–water partition coefficient (Wildman–Crippen LogP) is 22.3. The first-order valence-electron chi connectivity index (χ1n) is 39.6. The number of carbonyl (C=O) groups excluding carboxylic acids is 4. The Morgan fingerprint density at radius 2 is 0.505 bits per heavy atom. The molecule has 19 heteroatoms. The number of phosphoric ester groups is 2. The number of phosphoric acid groups is 2. The van der Waals surface area contributed by atoms with Crippen LogP contribution < -0.4 is 0 Å². The lowest BCUT2D eigenvalue weighted by atomic mass is 9.99. The van der Waals surface area contributed by atoms with Crippen molar-refractivity contribution in [3.8, 4) is 0 Å². The van der Waals surface area contributed by atoms with Gasteiger partial charge >= 0.3 is 39.5 Å². The lowest BCUT2D eigenvalue weighted by Gasteiger charge is -2.21. The zero-order valence-corrected chi connectivity index (χ0v) is 63.8. The van der Waals surface area contributed by atoms with Crippen LogP contribution in [0, 0.1) is 11.8 Å². The van der Waals surface area contributed by atoms with Crippen LogP contribution in [-0.4, -0.2) is 96.7 Å². The molecule has 0 bridgehead atoms. The summed E-state index contributed by atoms with van der Waals surface area (Å²) >= 11 is 0. The van der Waals surface area contributed by atoms with Gasteiger partial charge in [-0.05, 0) is 37.5 Å². The molecule has 0 aliphatic rings. The largest absolute Gasteiger partial charge is 0.472 e. The number of aliphatic hydroxyl groups is 1. The molecule has 0 aliphatic carbocycles. The van der Waals surface area contributed by atoms with Crippen molar-refractivity contribution in [2.24, 2.45) is 11.8 Å². The minimum atomic E-state index is -4.96. The fourth-order valence-electron chi connectivity index (χ4n) is 11.6. The van der Waals surface area contributed by atoms with Gasteiger partial charge in [-0.25, -0.2) is 9.13 Å². The third-order valence-corrected chi connectivity index (χ3v) is 20.3. The second kappa shape index (κ2) is 67.9. The Morgan fingerprint density at radius 1 is 0.295 bits per heavy atom. The molecular weight excluding hydrogens is 1250 g/mol. The third kappa shape index (κ3) is 67.6. The summed E-state index contributed by atoms with van der Waals surface area (Å²) in [7, 11) is -9.90. The van der Waals surface area contributed by atoms with Crippen molar-refractivity contribution in [3.63, 3.8) is 0 Å². The zero-order chi connectivity index (χ0) is 70.0. The molecule has 0 aromatic heterocycles. The van der Waals surface area contributed by atoms with Crippen molar-refractivity contribution in [1.29, 1.82) is 0 Å². The second-order valence-corrected chi connectivity index (χ2v) is 30.8. The highest BCUT2D eigenvalue weighted by Crippen LogP contribution is 2.45. The van der Waals surface area contributed by atoms with E-state index in [0.717, 1.165) is 108 Å². The molecule has 95 heavy (non-hydrogen) atoms. The van der Waals surface area contributed by atoms with Crippen LogP contribution in [-0.2, 0) is 65.4 Å². The fraction of sp³-hybridized carbons (Fsp3) is 0.947. The van der Waals surface area contributed by atoms with Gasteiger partial charge in [0.25, 0.3) is 0 Å². The number of hydrogen-bond donors (Lipinski definition) is 3. The molecule has 7 atom stereocenters. The average Bonchev–Trinajstić information content (AvgIpc) is 1.81. The van der Waals surface area contributed by atoms with Gasteiger partial charge in [0.2, 0.25) is 0 Å². The van der Waals surface area contributed by atoms with Gasteiger partial charge in [0.05, 0.1) is 26.4 Å². The normalized spacial score (nSPS) is 14.6. The Hall–Kier alpha value is -1.94. The minimum Gasteiger partial charge on any atom is -0.462 e. The molecule has 17 nitrogen and oxygen atoms in total. The molecule has 0 aromatic rings. The van der Waals surface area contributed by atoms with Gasteiger partial charge in [-0.3, -0.25) is 37.3 Å². The summed E-state index contributed by atoms with van der Waals surface area (Å²) in [6.07, 6.45) is 55.9. The van der Waals surface area contributed by atoms with E-state index >= 15 is 0 Å². The van der Waals surface area contributed by atoms with Crippen LogP contribution >= 0.6 is 15.6 Å². The number of ether oxygens (including phenoxy) is 4. The van der Waals surface area contributed by atoms with Crippen LogP contribution in [0.2, 0.25) is 0 Å². The van der Waals surface area contributed by atoms with E-state index in [1.54, 1.807) is 0 Å². The molecule has 0 radical (unpaired) electrons. The lowest BCUT2D eigenvalue weighted by Crippen LogP contribution is -2.30. The lowest BCUT2D eigenvalue weighted by molar-refractivity contribution is -0.161. The molecule has 0 saturated carbocycles. The van der Waals surface area contributed by atoms with E-state index in [4.69, 9.17) is 37.0 Å². The summed E-state index contributed by atoms with van der Waals surface area (Å²) in [5.74, 6) is -0.407. The number of unbranched alkanes of at least 4 members (excludes halogenated alkanes) is 43. The number of carbonyl (C=O) groups is 4. The van der Waals surface area contributed by atoms with Crippen LogP contribution in [0.4, 0.5) is 0 Å². The Balaban J connectivity index is 5.11. The summed E-state index contributed by atoms with van der Waals surface area (Å²) in [5, 5.41) is 10.6. The Morgan fingerprint density at radius 3 is 0.747 bits per heavy atom. The van der Waals surface area contributed by atoms with Gasteiger partial charge in [-0.2, -0.15) is 0 Å². The van der Waals surface area contributed by atoms with Crippen molar-refractivity contribution in [2.45, 2.75) is 413 Å². The molecule has 0 amide bonds. The molecule has 0 aromatic carbocycles. The molecular formula is C76H148O17P2. The number of esters is 4. The smallest absolute Gasteiger partial charge is 0.462 e. The summed E-state index contributed by atoms with van der Waals surface area (Å²) < 4.78 is 68.2. The third-order valence-electron chi connectivity index (χ3n) is 18.4. The predicted molar refractivity (Wildman–Crippen MR) is 386 cm³/mol. The van der Waals surface area contributed by atoms with Crippen molar-refractivity contribution >= 4 is 39.5 Å². The van der Waals surface area contributed by atoms with Gasteiger partial charge < -0.3 is 33.8 Å². The maximum Gasteiger partial charge on any atom is 0.472 e. The topological polar surface area (TPSA) is 237 Å². The van der Waals surface area contributed by atoms with E-state index in [9.17, 15) is 43.2 Å². The van der Waals surface area contributed by atoms with Gasteiger partial charge in [0.15, 0.2) is 12.2 Å². The highest BCUT2D eigenvalue weighted by molar-refractivity contribution is 7.47. The maximum atomic E-state index is 13.1. The zero-order valence-electron chi connectivity index (χ0n) is 62.0. The minimum absolute atomic E-state index is 0.106. The summed E-state index contributed by atoms with van der Waals surface area (Å²) in [4.78, 5) is 72.4. The van der Waals surface area contributed by atoms with E-state index in [0.29, 0.717) is 25.7 Å². The Bertz CT molecular complexity index is 1840. The molecule has 0 rings (SSSR count). The molecule has 0 spiro atoms. The van der Waals surface area contributed by atoms with Crippen molar-refractivity contribution in [2.75, 3.05) is 39.6 Å². The molecule has 0 saturated heterocycles. The van der Waals surface area contributed by atoms with Crippen LogP contribution in [0.5, 0.6) is 0 Å². The summed E-state index contributed by atoms with van der Waals surface area (Å²) in [6.45, 7) is 9.61. The van der Waals surface area contributed by atoms with Crippen LogP contribution in [0.1, 0.15) is 395 Å². The number of hydrogen-bond acceptors (Lipinski definition) is 15. The van der Waals surface area contributed by atoms with Gasteiger partial charge in [0.1, 0.15) is 19.3 Å². The van der Waals surface area contributed by atoms with E-state index in [-0.39, 0.29) is 25.7 Å². The average molecular weight is 1400 g/mol. The van der Waals surface area contributed by atoms with Gasteiger partial charge in [-0.15, -0.1) is 0 Å². The first-order chi connectivity index (χ1) is 45.9. The van der Waals surface area contributed by atoms with E-state index in [2.05, 4.69) is 41.5 Å². The SMILES string of the molecule is CCCCCCCCCCCCC(=O)O[C@H](COC(=O)CCCCCCC)COP(=O)(O)OC[C@H](O)COP(=O)(O)OC[C@@H](COC(=O)CCCCCCCCCCCCCCCCC(C)CC)OC(=O)CCCCCCCCCCCCCCCCCCCCC(C)CC. The standard InChI is InChI=1S/C76H148O17P2/c1-7-11-13-15-16-17-36-42-48-54-60-75(80)92-71(64-86-73(78)58-52-44-14-12-8-2)66-90-94(82,83)88-62-70(77)63-89-95(84,85)91-67-72(65-87-74(79)59-53-47-41-37-32-28-25-24-27-31-35-40-46-51-57-69(6)10-4)93-76(81)61-55-49-43-38-33-29-23-21-19-18-20-22-26-30-34-39-45-50-56-68(5)9-3/h68-72,77H,7-67H2,1-6H3,(H,82,83)(H,84,85)/t68?,69?,70-,71+,72+/m0/s1. The second-order valence-electron chi connectivity index (χ2n) is 27.9. The van der Waals surface area contributed by atoms with Crippen LogP contribution in [0.15, 0.2) is 0 Å². The first-order valence-corrected chi connectivity index (χ1v) is 42.6. The molecule has 0 fully saturated rings. The Labute approximate surface area is 581 Å². The van der Waals surface area contributed by atoms with E-state index in [1.807, 2.05) is 0 Å². The fourth-order valence-corrected chi connectivity index (χ4v) is 13.2. The maximum absolute atomic E-state index is 13.1. The van der Waals surface area contributed by atoms with Crippen LogP contribution in [0.3, 0.4) is 0 Å². The van der Waals surface area contributed by atoms with Crippen molar-refractivity contribution in [3.05, 3.63) is 0 Å². The molecule has 0 aliphatic heterocycles. The van der Waals surface area contributed by atoms with E-state index in [1.165, 1.54) is 205 Å². The molecule has 3 N–H and O–H groups in total. The molecule has 4 unspecified atom stereocenters. The Kier molecular flexibility index (Phi) is 66.5. The monoisotopic (exact) mass is 1400 g/mol. The molecule has 0 heterocycles. The van der Waals surface area contributed by atoms with Gasteiger partial charge in [0, 0.05) is 25.7 Å². The van der Waals surface area contributed by atoms with E-state index < -0.39 is 97.5 Å². The summed E-state index contributed by atoms with van der Waals surface area (Å²) in [5.41, 5.74) is 0. The van der Waals surface area contributed by atoms with Crippen molar-refractivity contribution in [1.82, 2.24) is 0 Å².